The van der Waals surface area contributed by atoms with Crippen LogP contribution in [0.2, 0.25) is 0 Å². The van der Waals surface area contributed by atoms with Gasteiger partial charge in [0.15, 0.2) is 5.82 Å². The standard InChI is InChI=1S/C10H17N3O3/c1-3-11-8-6-10(16-5-4-14)13-9(12-8)7-15-2/h6,14H,3-5,7H2,1-2H3,(H,11,12,13). The molecule has 0 aliphatic heterocycles. The summed E-state index contributed by atoms with van der Waals surface area (Å²) in [5, 5.41) is 11.7. The number of aliphatic hydroxyl groups is 1. The smallest absolute Gasteiger partial charge is 0.218 e. The van der Waals surface area contributed by atoms with Crippen molar-refractivity contribution >= 4 is 5.82 Å². The topological polar surface area (TPSA) is 76.5 Å². The maximum absolute atomic E-state index is 8.66. The molecule has 0 aliphatic carbocycles. The molecule has 0 bridgehead atoms. The van der Waals surface area contributed by atoms with E-state index in [1.165, 1.54) is 0 Å². The van der Waals surface area contributed by atoms with Crippen LogP contribution in [0.1, 0.15) is 12.7 Å². The quantitative estimate of drug-likeness (QED) is 0.703. The molecule has 2 N–H and O–H groups in total. The van der Waals surface area contributed by atoms with E-state index < -0.39 is 0 Å². The number of aliphatic hydroxyl groups excluding tert-OH is 1. The Hall–Kier alpha value is -1.40. The molecular weight excluding hydrogens is 210 g/mol. The van der Waals surface area contributed by atoms with E-state index in [9.17, 15) is 0 Å². The number of hydrogen-bond acceptors (Lipinski definition) is 6. The number of rotatable bonds is 7. The highest BCUT2D eigenvalue weighted by Crippen LogP contribution is 2.13. The molecule has 0 aromatic carbocycles. The Balaban J connectivity index is 2.80. The minimum atomic E-state index is -0.0415. The van der Waals surface area contributed by atoms with Crippen molar-refractivity contribution < 1.29 is 14.6 Å². The lowest BCUT2D eigenvalue weighted by atomic mass is 10.5. The van der Waals surface area contributed by atoms with E-state index in [1.807, 2.05) is 6.92 Å². The van der Waals surface area contributed by atoms with E-state index in [2.05, 4.69) is 15.3 Å². The largest absolute Gasteiger partial charge is 0.475 e. The van der Waals surface area contributed by atoms with Crippen molar-refractivity contribution in [2.75, 3.05) is 32.2 Å². The summed E-state index contributed by atoms with van der Waals surface area (Å²) in [4.78, 5) is 8.36. The molecule has 0 radical (unpaired) electrons. The second-order valence-electron chi connectivity index (χ2n) is 3.04. The third-order valence-electron chi connectivity index (χ3n) is 1.72. The van der Waals surface area contributed by atoms with Crippen molar-refractivity contribution in [2.45, 2.75) is 13.5 Å². The number of nitrogens with one attached hydrogen (secondary N) is 1. The van der Waals surface area contributed by atoms with Crippen LogP contribution in [-0.4, -0.2) is 41.9 Å². The number of nitrogens with zero attached hydrogens (tertiary/aromatic N) is 2. The molecule has 0 spiro atoms. The van der Waals surface area contributed by atoms with Crippen LogP contribution in [0, 0.1) is 0 Å². The van der Waals surface area contributed by atoms with Gasteiger partial charge in [-0.2, -0.15) is 4.98 Å². The van der Waals surface area contributed by atoms with Gasteiger partial charge in [-0.25, -0.2) is 4.98 Å². The SMILES string of the molecule is CCNc1cc(OCCO)nc(COC)n1. The zero-order chi connectivity index (χ0) is 11.8. The Morgan fingerprint density at radius 1 is 1.44 bits per heavy atom. The second-order valence-corrected chi connectivity index (χ2v) is 3.04. The number of hydrogen-bond donors (Lipinski definition) is 2. The van der Waals surface area contributed by atoms with Gasteiger partial charge in [-0.05, 0) is 6.92 Å². The minimum absolute atomic E-state index is 0.0415. The molecule has 0 atom stereocenters. The van der Waals surface area contributed by atoms with Crippen LogP contribution >= 0.6 is 0 Å². The predicted molar refractivity (Wildman–Crippen MR) is 59.5 cm³/mol. The van der Waals surface area contributed by atoms with Crippen molar-refractivity contribution in [2.24, 2.45) is 0 Å². The molecule has 6 nitrogen and oxygen atoms in total. The fourth-order valence-corrected chi connectivity index (χ4v) is 1.16. The highest BCUT2D eigenvalue weighted by atomic mass is 16.5. The summed E-state index contributed by atoms with van der Waals surface area (Å²) in [5.74, 6) is 1.68. The van der Waals surface area contributed by atoms with Crippen LogP contribution < -0.4 is 10.1 Å². The average Bonchev–Trinajstić information content (AvgIpc) is 2.27. The molecule has 0 fully saturated rings. The van der Waals surface area contributed by atoms with Crippen LogP contribution in [-0.2, 0) is 11.3 Å². The molecule has 0 amide bonds. The van der Waals surface area contributed by atoms with Crippen molar-refractivity contribution in [3.05, 3.63) is 11.9 Å². The van der Waals surface area contributed by atoms with Crippen LogP contribution in [0.25, 0.3) is 0 Å². The summed E-state index contributed by atoms with van der Waals surface area (Å²) >= 11 is 0. The molecule has 0 aliphatic rings. The molecule has 6 heteroatoms. The molecule has 0 unspecified atom stereocenters. The number of ether oxygens (including phenoxy) is 2. The van der Waals surface area contributed by atoms with Crippen molar-refractivity contribution in [3.63, 3.8) is 0 Å². The summed E-state index contributed by atoms with van der Waals surface area (Å²) in [5.41, 5.74) is 0. The van der Waals surface area contributed by atoms with E-state index >= 15 is 0 Å². The number of anilines is 1. The molecule has 16 heavy (non-hydrogen) atoms. The first-order chi connectivity index (χ1) is 7.80. The summed E-state index contributed by atoms with van der Waals surface area (Å²) in [6.07, 6.45) is 0. The molecule has 1 heterocycles. The lowest BCUT2D eigenvalue weighted by molar-refractivity contribution is 0.173. The Morgan fingerprint density at radius 3 is 2.88 bits per heavy atom. The van der Waals surface area contributed by atoms with E-state index in [0.717, 1.165) is 6.54 Å². The van der Waals surface area contributed by atoms with Crippen LogP contribution in [0.15, 0.2) is 6.07 Å². The van der Waals surface area contributed by atoms with Crippen LogP contribution in [0.5, 0.6) is 5.88 Å². The van der Waals surface area contributed by atoms with E-state index in [4.69, 9.17) is 14.6 Å². The molecule has 90 valence electrons. The van der Waals surface area contributed by atoms with Crippen molar-refractivity contribution in [3.8, 4) is 5.88 Å². The highest BCUT2D eigenvalue weighted by Gasteiger charge is 2.04. The molecule has 0 saturated heterocycles. The van der Waals surface area contributed by atoms with Gasteiger partial charge in [0.2, 0.25) is 5.88 Å². The van der Waals surface area contributed by atoms with Crippen LogP contribution in [0.4, 0.5) is 5.82 Å². The first-order valence-electron chi connectivity index (χ1n) is 5.14. The first kappa shape index (κ1) is 12.7. The Morgan fingerprint density at radius 2 is 2.25 bits per heavy atom. The molecular formula is C10H17N3O3. The van der Waals surface area contributed by atoms with Gasteiger partial charge in [0.05, 0.1) is 6.61 Å². The van der Waals surface area contributed by atoms with Gasteiger partial charge >= 0.3 is 0 Å². The zero-order valence-corrected chi connectivity index (χ0v) is 9.56. The Bertz CT molecular complexity index is 296. The average molecular weight is 227 g/mol. The third-order valence-corrected chi connectivity index (χ3v) is 1.72. The number of methoxy groups -OCH3 is 1. The Labute approximate surface area is 94.6 Å². The van der Waals surface area contributed by atoms with E-state index in [-0.39, 0.29) is 13.2 Å². The lowest BCUT2D eigenvalue weighted by Gasteiger charge is -2.08. The van der Waals surface area contributed by atoms with Gasteiger partial charge in [-0.15, -0.1) is 0 Å². The van der Waals surface area contributed by atoms with Crippen molar-refractivity contribution in [1.82, 2.24) is 9.97 Å². The summed E-state index contributed by atoms with van der Waals surface area (Å²) in [7, 11) is 1.58. The van der Waals surface area contributed by atoms with Gasteiger partial charge in [-0.3, -0.25) is 0 Å². The maximum Gasteiger partial charge on any atom is 0.218 e. The van der Waals surface area contributed by atoms with Crippen LogP contribution in [0.3, 0.4) is 0 Å². The lowest BCUT2D eigenvalue weighted by Crippen LogP contribution is -2.08. The monoisotopic (exact) mass is 227 g/mol. The van der Waals surface area contributed by atoms with Gasteiger partial charge in [-0.1, -0.05) is 0 Å². The third kappa shape index (κ3) is 4.00. The van der Waals surface area contributed by atoms with Gasteiger partial charge in [0.1, 0.15) is 19.0 Å². The first-order valence-corrected chi connectivity index (χ1v) is 5.14. The van der Waals surface area contributed by atoms with Gasteiger partial charge in [0, 0.05) is 19.7 Å². The van der Waals surface area contributed by atoms with E-state index in [0.29, 0.717) is 24.1 Å². The minimum Gasteiger partial charge on any atom is -0.475 e. The fraction of sp³-hybridized carbons (Fsp3) is 0.600. The predicted octanol–water partition coefficient (Wildman–Crippen LogP) is 0.426. The number of aromatic nitrogens is 2. The zero-order valence-electron chi connectivity index (χ0n) is 9.56. The highest BCUT2D eigenvalue weighted by molar-refractivity contribution is 5.38. The van der Waals surface area contributed by atoms with Gasteiger partial charge < -0.3 is 19.9 Å². The van der Waals surface area contributed by atoms with E-state index in [1.54, 1.807) is 13.2 Å². The molecule has 1 aromatic rings. The van der Waals surface area contributed by atoms with Crippen molar-refractivity contribution in [1.29, 1.82) is 0 Å². The molecule has 1 rings (SSSR count). The molecule has 1 aromatic heterocycles. The summed E-state index contributed by atoms with van der Waals surface area (Å²) in [6, 6.07) is 1.69. The summed E-state index contributed by atoms with van der Waals surface area (Å²) in [6.45, 7) is 3.25. The second kappa shape index (κ2) is 6.97. The van der Waals surface area contributed by atoms with Gasteiger partial charge in [0.25, 0.3) is 0 Å². The maximum atomic E-state index is 8.66. The normalized spacial score (nSPS) is 10.2. The Kier molecular flexibility index (Phi) is 5.52. The summed E-state index contributed by atoms with van der Waals surface area (Å²) < 4.78 is 10.2. The molecule has 0 saturated carbocycles. The fourth-order valence-electron chi connectivity index (χ4n) is 1.16.